The van der Waals surface area contributed by atoms with Gasteiger partial charge in [-0.1, -0.05) is 12.2 Å². The molecule has 0 saturated heterocycles. The monoisotopic (exact) mass is 416 g/mol. The topological polar surface area (TPSA) is 38.0 Å². The fourth-order valence-electron chi connectivity index (χ4n) is 1.70. The van der Waals surface area contributed by atoms with Crippen molar-refractivity contribution in [3.63, 3.8) is 0 Å². The van der Waals surface area contributed by atoms with E-state index in [9.17, 15) is 4.39 Å². The minimum atomic E-state index is -0.282. The first kappa shape index (κ1) is 15.4. The Morgan fingerprint density at radius 3 is 2.45 bits per heavy atom. The van der Waals surface area contributed by atoms with Gasteiger partial charge >= 0.3 is 0 Å². The maximum Gasteiger partial charge on any atom is 0.137 e. The van der Waals surface area contributed by atoms with Crippen molar-refractivity contribution in [3.05, 3.63) is 56.2 Å². The molecule has 0 saturated carbocycles. The minimum Gasteiger partial charge on any atom is -0.389 e. The van der Waals surface area contributed by atoms with E-state index >= 15 is 0 Å². The van der Waals surface area contributed by atoms with Gasteiger partial charge in [0.2, 0.25) is 0 Å². The highest BCUT2D eigenvalue weighted by molar-refractivity contribution is 9.10. The van der Waals surface area contributed by atoms with E-state index in [4.69, 9.17) is 18.0 Å². The molecule has 0 spiro atoms. The van der Waals surface area contributed by atoms with Crippen LogP contribution < -0.4 is 11.1 Å². The quantitative estimate of drug-likeness (QED) is 0.687. The average molecular weight is 418 g/mol. The van der Waals surface area contributed by atoms with Crippen LogP contribution in [0.1, 0.15) is 11.1 Å². The number of nitrogens with two attached hydrogens (primary N) is 1. The maximum absolute atomic E-state index is 13.4. The molecular weight excluding hydrogens is 407 g/mol. The molecule has 0 aromatic heterocycles. The van der Waals surface area contributed by atoms with Crippen LogP contribution in [-0.2, 0) is 0 Å². The van der Waals surface area contributed by atoms with Crippen LogP contribution in [0.3, 0.4) is 0 Å². The Morgan fingerprint density at radius 2 is 1.85 bits per heavy atom. The summed E-state index contributed by atoms with van der Waals surface area (Å²) in [5.74, 6) is -0.282. The predicted octanol–water partition coefficient (Wildman–Crippen LogP) is 5.04. The largest absolute Gasteiger partial charge is 0.389 e. The Bertz CT molecular complexity index is 689. The minimum absolute atomic E-state index is 0.282. The van der Waals surface area contributed by atoms with Crippen molar-refractivity contribution in [1.29, 1.82) is 0 Å². The fraction of sp³-hybridized carbons (Fsp3) is 0.0714. The predicted molar refractivity (Wildman–Crippen MR) is 92.1 cm³/mol. The van der Waals surface area contributed by atoms with Gasteiger partial charge < -0.3 is 11.1 Å². The summed E-state index contributed by atoms with van der Waals surface area (Å²) in [7, 11) is 0. The van der Waals surface area contributed by atoms with E-state index in [0.29, 0.717) is 9.46 Å². The van der Waals surface area contributed by atoms with Crippen LogP contribution in [-0.4, -0.2) is 4.99 Å². The molecule has 0 heterocycles. The first-order chi connectivity index (χ1) is 9.38. The van der Waals surface area contributed by atoms with E-state index in [1.807, 2.05) is 25.1 Å². The van der Waals surface area contributed by atoms with Crippen molar-refractivity contribution in [2.75, 3.05) is 5.32 Å². The summed E-state index contributed by atoms with van der Waals surface area (Å²) < 4.78 is 14.7. The van der Waals surface area contributed by atoms with E-state index in [2.05, 4.69) is 37.2 Å². The van der Waals surface area contributed by atoms with Gasteiger partial charge in [-0.25, -0.2) is 4.39 Å². The zero-order valence-electron chi connectivity index (χ0n) is 10.5. The molecule has 0 fully saturated rings. The first-order valence-corrected chi connectivity index (χ1v) is 7.70. The lowest BCUT2D eigenvalue weighted by atomic mass is 10.1. The third-order valence-corrected chi connectivity index (χ3v) is 4.29. The lowest BCUT2D eigenvalue weighted by molar-refractivity contribution is 0.620. The molecule has 0 bridgehead atoms. The van der Waals surface area contributed by atoms with Gasteiger partial charge in [0, 0.05) is 15.7 Å². The molecule has 2 aromatic rings. The van der Waals surface area contributed by atoms with E-state index in [1.54, 1.807) is 6.07 Å². The van der Waals surface area contributed by atoms with Crippen molar-refractivity contribution < 1.29 is 4.39 Å². The van der Waals surface area contributed by atoms with Gasteiger partial charge in [0.1, 0.15) is 10.8 Å². The number of benzene rings is 2. The lowest BCUT2D eigenvalue weighted by Crippen LogP contribution is -2.09. The number of thiocarbonyl (C=S) groups is 1. The zero-order valence-corrected chi connectivity index (χ0v) is 14.5. The highest BCUT2D eigenvalue weighted by atomic mass is 79.9. The van der Waals surface area contributed by atoms with Gasteiger partial charge in [-0.05, 0) is 74.7 Å². The summed E-state index contributed by atoms with van der Waals surface area (Å²) in [4.78, 5) is 0.345. The number of anilines is 2. The second-order valence-electron chi connectivity index (χ2n) is 4.27. The molecule has 2 nitrogen and oxygen atoms in total. The number of nitrogens with one attached hydrogen (secondary N) is 1. The number of hydrogen-bond acceptors (Lipinski definition) is 2. The molecule has 20 heavy (non-hydrogen) atoms. The van der Waals surface area contributed by atoms with Crippen molar-refractivity contribution >= 4 is 60.4 Å². The average Bonchev–Trinajstić information content (AvgIpc) is 2.37. The summed E-state index contributed by atoms with van der Waals surface area (Å²) in [6, 6.07) is 8.74. The van der Waals surface area contributed by atoms with Gasteiger partial charge in [0.15, 0.2) is 0 Å². The molecule has 0 amide bonds. The van der Waals surface area contributed by atoms with Crippen LogP contribution in [0.5, 0.6) is 0 Å². The number of halogens is 3. The molecule has 0 aliphatic heterocycles. The molecule has 0 unspecified atom stereocenters. The van der Waals surface area contributed by atoms with E-state index < -0.39 is 0 Å². The number of aryl methyl sites for hydroxylation is 1. The van der Waals surface area contributed by atoms with Gasteiger partial charge in [-0.2, -0.15) is 0 Å². The van der Waals surface area contributed by atoms with Crippen LogP contribution in [0.15, 0.2) is 39.3 Å². The first-order valence-electron chi connectivity index (χ1n) is 5.70. The van der Waals surface area contributed by atoms with Gasteiger partial charge in [-0.15, -0.1) is 0 Å². The summed E-state index contributed by atoms with van der Waals surface area (Å²) in [6.45, 7) is 1.84. The third kappa shape index (κ3) is 3.37. The van der Waals surface area contributed by atoms with Crippen molar-refractivity contribution in [2.24, 2.45) is 5.73 Å². The summed E-state index contributed by atoms with van der Waals surface area (Å²) in [6.07, 6.45) is 0. The summed E-state index contributed by atoms with van der Waals surface area (Å²) in [5, 5.41) is 3.25. The van der Waals surface area contributed by atoms with E-state index in [0.717, 1.165) is 27.0 Å². The van der Waals surface area contributed by atoms with Crippen LogP contribution in [0, 0.1) is 12.7 Å². The molecule has 0 radical (unpaired) electrons. The second kappa shape index (κ2) is 6.20. The maximum atomic E-state index is 13.4. The highest BCUT2D eigenvalue weighted by Crippen LogP contribution is 2.31. The standard InChI is InChI=1S/C14H11Br2FN2S/c1-7-4-11(17)9(15)6-13(7)19-12-3-2-8(14(18)20)5-10(12)16/h2-6,19H,1H3,(H2,18,20). The molecule has 6 heteroatoms. The van der Waals surface area contributed by atoms with Crippen LogP contribution in [0.25, 0.3) is 0 Å². The highest BCUT2D eigenvalue weighted by Gasteiger charge is 2.08. The lowest BCUT2D eigenvalue weighted by Gasteiger charge is -2.13. The Morgan fingerprint density at radius 1 is 1.15 bits per heavy atom. The Labute approximate surface area is 138 Å². The Balaban J connectivity index is 2.35. The van der Waals surface area contributed by atoms with Crippen molar-refractivity contribution in [3.8, 4) is 0 Å². The molecule has 3 N–H and O–H groups in total. The van der Waals surface area contributed by atoms with E-state index in [1.165, 1.54) is 6.07 Å². The smallest absolute Gasteiger partial charge is 0.137 e. The van der Waals surface area contributed by atoms with Crippen LogP contribution in [0.4, 0.5) is 15.8 Å². The SMILES string of the molecule is Cc1cc(F)c(Br)cc1Nc1ccc(C(N)=S)cc1Br. The number of rotatable bonds is 3. The van der Waals surface area contributed by atoms with Crippen molar-refractivity contribution in [1.82, 2.24) is 0 Å². The molecular formula is C14H11Br2FN2S. The summed E-state index contributed by atoms with van der Waals surface area (Å²) in [5.41, 5.74) is 8.87. The van der Waals surface area contributed by atoms with Gasteiger partial charge in [-0.3, -0.25) is 0 Å². The molecule has 104 valence electrons. The third-order valence-electron chi connectivity index (χ3n) is 2.79. The van der Waals surface area contributed by atoms with Gasteiger partial charge in [0.25, 0.3) is 0 Å². The second-order valence-corrected chi connectivity index (χ2v) is 6.41. The van der Waals surface area contributed by atoms with E-state index in [-0.39, 0.29) is 5.82 Å². The Kier molecular flexibility index (Phi) is 4.78. The molecule has 2 rings (SSSR count). The molecule has 0 aliphatic rings. The summed E-state index contributed by atoms with van der Waals surface area (Å²) >= 11 is 11.6. The van der Waals surface area contributed by atoms with Gasteiger partial charge in [0.05, 0.1) is 10.2 Å². The Hall–Kier alpha value is -0.980. The van der Waals surface area contributed by atoms with Crippen molar-refractivity contribution in [2.45, 2.75) is 6.92 Å². The molecule has 0 aliphatic carbocycles. The molecule has 2 aromatic carbocycles. The zero-order chi connectivity index (χ0) is 14.9. The number of hydrogen-bond donors (Lipinski definition) is 2. The normalized spacial score (nSPS) is 10.4. The van der Waals surface area contributed by atoms with Crippen LogP contribution in [0.2, 0.25) is 0 Å². The van der Waals surface area contributed by atoms with Crippen LogP contribution >= 0.6 is 44.1 Å². The fourth-order valence-corrected chi connectivity index (χ4v) is 2.64. The molecule has 0 atom stereocenters.